The van der Waals surface area contributed by atoms with E-state index in [0.29, 0.717) is 5.75 Å². The van der Waals surface area contributed by atoms with Gasteiger partial charge in [-0.1, -0.05) is 26.0 Å². The molecule has 2 aliphatic rings. The molecule has 7 N–H and O–H groups in total. The molecule has 3 rings (SSSR count). The minimum atomic E-state index is -1.73. The van der Waals surface area contributed by atoms with Crippen LogP contribution < -0.4 is 4.74 Å². The standard InChI is InChI=1S/C22H34O11/c1-9(2)11-5-4-10(3)12(6-11)30-22-20(18(28)16(26)14(8-24)32-22)33-21-19(29)17(27)15(25)13(7-23)31-21/h4-6,9,13-29H,7-8H2,1-3H3/t13-,14-,15-,16-,17+,18+,19-,20-,21+,22-/m0/s1. The first-order valence-corrected chi connectivity index (χ1v) is 10.9. The van der Waals surface area contributed by atoms with Gasteiger partial charge >= 0.3 is 0 Å². The maximum absolute atomic E-state index is 10.7. The highest BCUT2D eigenvalue weighted by Gasteiger charge is 2.51. The van der Waals surface area contributed by atoms with Crippen molar-refractivity contribution < 1.29 is 54.7 Å². The third-order valence-corrected chi connectivity index (χ3v) is 6.09. The van der Waals surface area contributed by atoms with Gasteiger partial charge in [-0.3, -0.25) is 0 Å². The highest BCUT2D eigenvalue weighted by atomic mass is 16.8. The van der Waals surface area contributed by atoms with E-state index in [2.05, 4.69) is 0 Å². The summed E-state index contributed by atoms with van der Waals surface area (Å²) in [6.07, 6.45) is -14.9. The number of aliphatic hydroxyl groups is 7. The van der Waals surface area contributed by atoms with Gasteiger partial charge in [0.25, 0.3) is 0 Å². The minimum Gasteiger partial charge on any atom is -0.462 e. The normalized spacial score (nSPS) is 39.6. The zero-order valence-electron chi connectivity index (χ0n) is 18.8. The second-order valence-corrected chi connectivity index (χ2v) is 8.80. The summed E-state index contributed by atoms with van der Waals surface area (Å²) in [5.74, 6) is 0.632. The van der Waals surface area contributed by atoms with E-state index in [9.17, 15) is 35.7 Å². The summed E-state index contributed by atoms with van der Waals surface area (Å²) in [7, 11) is 0. The molecule has 0 saturated carbocycles. The molecule has 0 unspecified atom stereocenters. The Kier molecular flexibility index (Phi) is 8.67. The predicted octanol–water partition coefficient (Wildman–Crippen LogP) is -1.88. The van der Waals surface area contributed by atoms with Crippen LogP contribution in [0.1, 0.15) is 30.9 Å². The van der Waals surface area contributed by atoms with Crippen molar-refractivity contribution in [3.05, 3.63) is 29.3 Å². The molecule has 2 fully saturated rings. The lowest BCUT2D eigenvalue weighted by Gasteiger charge is -2.45. The van der Waals surface area contributed by atoms with Gasteiger partial charge in [-0.05, 0) is 30.0 Å². The van der Waals surface area contributed by atoms with Gasteiger partial charge in [0.2, 0.25) is 6.29 Å². The van der Waals surface area contributed by atoms with Crippen LogP contribution >= 0.6 is 0 Å². The van der Waals surface area contributed by atoms with Crippen molar-refractivity contribution in [3.8, 4) is 5.75 Å². The fourth-order valence-corrected chi connectivity index (χ4v) is 3.86. The Hall–Kier alpha value is -1.38. The fraction of sp³-hybridized carbons (Fsp3) is 0.727. The second-order valence-electron chi connectivity index (χ2n) is 8.80. The number of benzene rings is 1. The van der Waals surface area contributed by atoms with Crippen molar-refractivity contribution >= 4 is 0 Å². The molecule has 1 aromatic rings. The minimum absolute atomic E-state index is 0.207. The molecular weight excluding hydrogens is 440 g/mol. The molecule has 1 aromatic carbocycles. The van der Waals surface area contributed by atoms with Crippen LogP contribution in [0.3, 0.4) is 0 Å². The molecule has 2 saturated heterocycles. The van der Waals surface area contributed by atoms with Crippen molar-refractivity contribution in [2.24, 2.45) is 0 Å². The number of hydrogen-bond donors (Lipinski definition) is 7. The van der Waals surface area contributed by atoms with Gasteiger partial charge in [-0.2, -0.15) is 0 Å². The molecule has 2 aliphatic heterocycles. The highest BCUT2D eigenvalue weighted by Crippen LogP contribution is 2.32. The van der Waals surface area contributed by atoms with Gasteiger partial charge in [0.05, 0.1) is 13.2 Å². The number of aliphatic hydroxyl groups excluding tert-OH is 7. The number of hydrogen-bond acceptors (Lipinski definition) is 11. The second kappa shape index (κ2) is 10.9. The van der Waals surface area contributed by atoms with Crippen LogP contribution in [-0.2, 0) is 14.2 Å². The van der Waals surface area contributed by atoms with Crippen LogP contribution in [-0.4, -0.2) is 110 Å². The van der Waals surface area contributed by atoms with Crippen molar-refractivity contribution in [3.63, 3.8) is 0 Å². The first-order valence-electron chi connectivity index (χ1n) is 10.9. The van der Waals surface area contributed by atoms with Crippen LogP contribution in [0.5, 0.6) is 5.75 Å². The third-order valence-electron chi connectivity index (χ3n) is 6.09. The molecule has 11 nitrogen and oxygen atoms in total. The van der Waals surface area contributed by atoms with Crippen molar-refractivity contribution in [1.29, 1.82) is 0 Å². The van der Waals surface area contributed by atoms with Gasteiger partial charge in [0.15, 0.2) is 12.4 Å². The van der Waals surface area contributed by atoms with E-state index in [0.717, 1.165) is 11.1 Å². The molecule has 0 aromatic heterocycles. The summed E-state index contributed by atoms with van der Waals surface area (Å²) in [6, 6.07) is 5.61. The van der Waals surface area contributed by atoms with E-state index in [1.807, 2.05) is 32.9 Å². The Labute approximate surface area is 191 Å². The Morgan fingerprint density at radius 3 is 1.97 bits per heavy atom. The molecule has 33 heavy (non-hydrogen) atoms. The summed E-state index contributed by atoms with van der Waals surface area (Å²) >= 11 is 0. The van der Waals surface area contributed by atoms with Gasteiger partial charge < -0.3 is 54.7 Å². The van der Waals surface area contributed by atoms with Crippen molar-refractivity contribution in [2.75, 3.05) is 13.2 Å². The first kappa shape index (κ1) is 26.2. The zero-order valence-corrected chi connectivity index (χ0v) is 18.8. The van der Waals surface area contributed by atoms with E-state index in [4.69, 9.17) is 18.9 Å². The number of aryl methyl sites for hydroxylation is 1. The highest BCUT2D eigenvalue weighted by molar-refractivity contribution is 5.38. The van der Waals surface area contributed by atoms with E-state index < -0.39 is 74.6 Å². The van der Waals surface area contributed by atoms with E-state index in [-0.39, 0.29) is 5.92 Å². The Morgan fingerprint density at radius 2 is 1.39 bits per heavy atom. The molecule has 0 bridgehead atoms. The first-order chi connectivity index (χ1) is 15.6. The fourth-order valence-electron chi connectivity index (χ4n) is 3.86. The number of ether oxygens (including phenoxy) is 4. The lowest BCUT2D eigenvalue weighted by molar-refractivity contribution is -0.357. The summed E-state index contributed by atoms with van der Waals surface area (Å²) in [5.41, 5.74) is 1.74. The lowest BCUT2D eigenvalue weighted by Crippen LogP contribution is -2.65. The van der Waals surface area contributed by atoms with Gasteiger partial charge in [-0.25, -0.2) is 0 Å². The molecule has 0 radical (unpaired) electrons. The Bertz CT molecular complexity index is 773. The molecule has 10 atom stereocenters. The quantitative estimate of drug-likeness (QED) is 0.235. The van der Waals surface area contributed by atoms with Gasteiger partial charge in [0.1, 0.15) is 48.5 Å². The largest absolute Gasteiger partial charge is 0.462 e. The van der Waals surface area contributed by atoms with E-state index in [1.165, 1.54) is 0 Å². The summed E-state index contributed by atoms with van der Waals surface area (Å²) in [6.45, 7) is 4.57. The summed E-state index contributed by atoms with van der Waals surface area (Å²) < 4.78 is 22.7. The number of rotatable bonds is 7. The van der Waals surface area contributed by atoms with E-state index in [1.54, 1.807) is 6.07 Å². The Morgan fingerprint density at radius 1 is 0.818 bits per heavy atom. The van der Waals surface area contributed by atoms with E-state index >= 15 is 0 Å². The third kappa shape index (κ3) is 5.49. The van der Waals surface area contributed by atoms with Crippen molar-refractivity contribution in [2.45, 2.75) is 88.1 Å². The molecule has 2 heterocycles. The summed E-state index contributed by atoms with van der Waals surface area (Å²) in [4.78, 5) is 0. The van der Waals surface area contributed by atoms with Crippen LogP contribution in [0.2, 0.25) is 0 Å². The molecule has 0 spiro atoms. The van der Waals surface area contributed by atoms with Crippen LogP contribution in [0.25, 0.3) is 0 Å². The van der Waals surface area contributed by atoms with Gasteiger partial charge in [-0.15, -0.1) is 0 Å². The summed E-state index contributed by atoms with van der Waals surface area (Å²) in [5, 5.41) is 70.4. The molecule has 11 heteroatoms. The molecule has 0 aliphatic carbocycles. The maximum atomic E-state index is 10.7. The molecule has 188 valence electrons. The van der Waals surface area contributed by atoms with Crippen LogP contribution in [0.15, 0.2) is 18.2 Å². The topological polar surface area (TPSA) is 179 Å². The Balaban J connectivity index is 1.87. The smallest absolute Gasteiger partial charge is 0.229 e. The van der Waals surface area contributed by atoms with Crippen LogP contribution in [0, 0.1) is 6.92 Å². The predicted molar refractivity (Wildman–Crippen MR) is 112 cm³/mol. The molecule has 0 amide bonds. The lowest BCUT2D eigenvalue weighted by atomic mass is 9.97. The average Bonchev–Trinajstić information content (AvgIpc) is 2.79. The average molecular weight is 475 g/mol. The maximum Gasteiger partial charge on any atom is 0.229 e. The van der Waals surface area contributed by atoms with Gasteiger partial charge in [0, 0.05) is 0 Å². The molecular formula is C22H34O11. The van der Waals surface area contributed by atoms with Crippen LogP contribution in [0.4, 0.5) is 0 Å². The SMILES string of the molecule is Cc1ccc(C(C)C)cc1O[C@H]1O[C@@H](CO)[C@H](O)[C@@H](O)[C@@H]1O[C@H]1O[C@@H](CO)[C@H](O)[C@@H](O)[C@@H]1O. The zero-order chi connectivity index (χ0) is 24.4. The van der Waals surface area contributed by atoms with Crippen molar-refractivity contribution in [1.82, 2.24) is 0 Å². The monoisotopic (exact) mass is 474 g/mol.